The van der Waals surface area contributed by atoms with E-state index in [0.717, 1.165) is 40.3 Å². The Morgan fingerprint density at radius 3 is 2.50 bits per heavy atom. The lowest BCUT2D eigenvalue weighted by Gasteiger charge is -2.24. The lowest BCUT2D eigenvalue weighted by Crippen LogP contribution is -2.35. The van der Waals surface area contributed by atoms with Crippen molar-refractivity contribution < 1.29 is 14.3 Å². The number of hydrogen-bond donors (Lipinski definition) is 0. The maximum atomic E-state index is 12.6. The van der Waals surface area contributed by atoms with Gasteiger partial charge in [-0.25, -0.2) is 14.8 Å². The monoisotopic (exact) mass is 504 g/mol. The number of ether oxygens (including phenoxy) is 2. The maximum Gasteiger partial charge on any atom is 0.410 e. The summed E-state index contributed by atoms with van der Waals surface area (Å²) in [4.78, 5) is 24.3. The Labute approximate surface area is 214 Å². The van der Waals surface area contributed by atoms with Gasteiger partial charge in [0, 0.05) is 31.7 Å². The van der Waals surface area contributed by atoms with Crippen molar-refractivity contribution in [2.24, 2.45) is 0 Å². The molecule has 0 spiro atoms. The molecule has 190 valence electrons. The molecule has 0 N–H and O–H groups in total. The van der Waals surface area contributed by atoms with Crippen molar-refractivity contribution >= 4 is 25.2 Å². The highest BCUT2D eigenvalue weighted by Gasteiger charge is 2.32. The van der Waals surface area contributed by atoms with Crippen LogP contribution >= 0.6 is 0 Å². The summed E-state index contributed by atoms with van der Waals surface area (Å²) in [7, 11) is 0.0717. The van der Waals surface area contributed by atoms with Gasteiger partial charge in [0.15, 0.2) is 0 Å². The number of rotatable bonds is 4. The van der Waals surface area contributed by atoms with Crippen molar-refractivity contribution in [2.45, 2.75) is 64.9 Å². The number of nitrogens with zero attached hydrogens (tertiary/aromatic N) is 4. The van der Waals surface area contributed by atoms with Crippen LogP contribution in [0.15, 0.2) is 36.5 Å². The van der Waals surface area contributed by atoms with E-state index >= 15 is 0 Å². The molecule has 1 amide bonds. The molecule has 2 aromatic heterocycles. The molecule has 0 saturated carbocycles. The fraction of sp³-hybridized carbons (Fsp3) is 0.464. The van der Waals surface area contributed by atoms with Gasteiger partial charge in [-0.1, -0.05) is 37.7 Å². The second-order valence-electron chi connectivity index (χ2n) is 11.4. The number of fused-ring (bicyclic) bond motifs is 1. The summed E-state index contributed by atoms with van der Waals surface area (Å²) in [5.41, 5.74) is 5.73. The number of methoxy groups -OCH3 is 1. The number of amides is 1. The average molecular weight is 505 g/mol. The SMILES string of the molecule is COc1ccc(Cn2ccc3c(C#C[Si](C)(C)C)nc(C4CCN(C(=O)OC(C)(C)C)C4)nc32)cc1. The van der Waals surface area contributed by atoms with E-state index in [1.165, 1.54) is 0 Å². The van der Waals surface area contributed by atoms with Crippen LogP contribution in [-0.4, -0.2) is 59.4 Å². The van der Waals surface area contributed by atoms with Crippen molar-refractivity contribution in [2.75, 3.05) is 20.2 Å². The van der Waals surface area contributed by atoms with E-state index in [-0.39, 0.29) is 12.0 Å². The number of aromatic nitrogens is 3. The molecule has 4 rings (SSSR count). The van der Waals surface area contributed by atoms with Gasteiger partial charge in [-0.05, 0) is 51.0 Å². The van der Waals surface area contributed by atoms with Crippen LogP contribution in [-0.2, 0) is 11.3 Å². The van der Waals surface area contributed by atoms with Gasteiger partial charge in [0.05, 0.1) is 12.5 Å². The Bertz CT molecular complexity index is 1310. The van der Waals surface area contributed by atoms with Gasteiger partial charge < -0.3 is 18.9 Å². The molecule has 1 aliphatic rings. The fourth-order valence-corrected chi connectivity index (χ4v) is 4.62. The fourth-order valence-electron chi connectivity index (χ4n) is 4.13. The van der Waals surface area contributed by atoms with Crippen molar-refractivity contribution in [3.63, 3.8) is 0 Å². The standard InChI is InChI=1S/C28H36N4O3Si/c1-28(2,3)35-27(33)32-15-12-21(19-32)25-29-24(14-17-36(5,6)7)23-13-16-31(26(23)30-25)18-20-8-10-22(34-4)11-9-20/h8-11,13,16,21H,12,15,18-19H2,1-7H3. The van der Waals surface area contributed by atoms with E-state index in [2.05, 4.69) is 60.1 Å². The summed E-state index contributed by atoms with van der Waals surface area (Å²) in [6.07, 6.45) is 2.56. The molecular weight excluding hydrogens is 468 g/mol. The first-order chi connectivity index (χ1) is 16.9. The molecular formula is C28H36N4O3Si. The predicted molar refractivity (Wildman–Crippen MR) is 145 cm³/mol. The molecule has 8 heteroatoms. The van der Waals surface area contributed by atoms with Crippen LogP contribution in [0.5, 0.6) is 5.75 Å². The van der Waals surface area contributed by atoms with Gasteiger partial charge in [0.25, 0.3) is 0 Å². The Hall–Kier alpha value is -3.31. The summed E-state index contributed by atoms with van der Waals surface area (Å²) in [5, 5.41) is 0.958. The zero-order chi connectivity index (χ0) is 26.1. The first-order valence-electron chi connectivity index (χ1n) is 12.4. The van der Waals surface area contributed by atoms with E-state index in [4.69, 9.17) is 19.4 Å². The van der Waals surface area contributed by atoms with Crippen molar-refractivity contribution in [3.8, 4) is 17.2 Å². The minimum Gasteiger partial charge on any atom is -0.497 e. The number of hydrogen-bond acceptors (Lipinski definition) is 5. The molecule has 0 radical (unpaired) electrons. The minimum absolute atomic E-state index is 0.0405. The second-order valence-corrected chi connectivity index (χ2v) is 16.1. The van der Waals surface area contributed by atoms with Gasteiger partial charge in [-0.15, -0.1) is 5.54 Å². The first-order valence-corrected chi connectivity index (χ1v) is 15.9. The van der Waals surface area contributed by atoms with E-state index in [0.29, 0.717) is 19.6 Å². The Morgan fingerprint density at radius 2 is 1.86 bits per heavy atom. The van der Waals surface area contributed by atoms with Crippen LogP contribution in [0.4, 0.5) is 4.79 Å². The molecule has 3 heterocycles. The highest BCUT2D eigenvalue weighted by Crippen LogP contribution is 2.29. The van der Waals surface area contributed by atoms with Gasteiger partial charge in [-0.3, -0.25) is 0 Å². The number of likely N-dealkylation sites (tertiary alicyclic amines) is 1. The molecule has 1 aromatic carbocycles. The summed E-state index contributed by atoms with van der Waals surface area (Å²) in [5.74, 6) is 4.99. The lowest BCUT2D eigenvalue weighted by atomic mass is 10.1. The van der Waals surface area contributed by atoms with E-state index < -0.39 is 13.7 Å². The predicted octanol–water partition coefficient (Wildman–Crippen LogP) is 5.44. The number of benzene rings is 1. The summed E-state index contributed by atoms with van der Waals surface area (Å²) in [6.45, 7) is 14.2. The zero-order valence-corrected chi connectivity index (χ0v) is 23.4. The Morgan fingerprint density at radius 1 is 1.14 bits per heavy atom. The molecule has 0 aliphatic carbocycles. The van der Waals surface area contributed by atoms with Crippen LogP contribution < -0.4 is 4.74 Å². The quantitative estimate of drug-likeness (QED) is 0.349. The van der Waals surface area contributed by atoms with Crippen LogP contribution in [0.25, 0.3) is 11.0 Å². The largest absolute Gasteiger partial charge is 0.497 e. The van der Waals surface area contributed by atoms with Gasteiger partial charge in [0.2, 0.25) is 0 Å². The second kappa shape index (κ2) is 9.98. The third-order valence-electron chi connectivity index (χ3n) is 5.91. The van der Waals surface area contributed by atoms with Gasteiger partial charge in [0.1, 0.15) is 36.6 Å². The third kappa shape index (κ3) is 6.27. The van der Waals surface area contributed by atoms with E-state index in [9.17, 15) is 4.79 Å². The Kier molecular flexibility index (Phi) is 7.14. The zero-order valence-electron chi connectivity index (χ0n) is 22.4. The molecule has 1 unspecified atom stereocenters. The molecule has 3 aromatic rings. The molecule has 7 nitrogen and oxygen atoms in total. The minimum atomic E-state index is -1.60. The number of carbonyl (C=O) groups is 1. The summed E-state index contributed by atoms with van der Waals surface area (Å²) < 4.78 is 13.0. The highest BCUT2D eigenvalue weighted by atomic mass is 28.3. The summed E-state index contributed by atoms with van der Waals surface area (Å²) >= 11 is 0. The first kappa shape index (κ1) is 25.8. The highest BCUT2D eigenvalue weighted by molar-refractivity contribution is 6.83. The van der Waals surface area contributed by atoms with Crippen molar-refractivity contribution in [3.05, 3.63) is 53.6 Å². The van der Waals surface area contributed by atoms with Crippen molar-refractivity contribution in [1.82, 2.24) is 19.4 Å². The van der Waals surface area contributed by atoms with Crippen LogP contribution in [0.1, 0.15) is 50.2 Å². The van der Waals surface area contributed by atoms with Gasteiger partial charge in [-0.2, -0.15) is 0 Å². The topological polar surface area (TPSA) is 69.5 Å². The van der Waals surface area contributed by atoms with Gasteiger partial charge >= 0.3 is 6.09 Å². The average Bonchev–Trinajstić information content (AvgIpc) is 3.44. The molecule has 1 fully saturated rings. The molecule has 1 saturated heterocycles. The van der Waals surface area contributed by atoms with E-state index in [1.807, 2.05) is 32.9 Å². The molecule has 36 heavy (non-hydrogen) atoms. The molecule has 1 atom stereocenters. The smallest absolute Gasteiger partial charge is 0.410 e. The van der Waals surface area contributed by atoms with Crippen LogP contribution in [0, 0.1) is 11.5 Å². The normalized spacial score (nSPS) is 16.1. The van der Waals surface area contributed by atoms with Crippen molar-refractivity contribution in [1.29, 1.82) is 0 Å². The Balaban J connectivity index is 1.68. The molecule has 0 bridgehead atoms. The number of carbonyl (C=O) groups excluding carboxylic acids is 1. The summed E-state index contributed by atoms with van der Waals surface area (Å²) in [6, 6.07) is 10.1. The van der Waals surface area contributed by atoms with E-state index in [1.54, 1.807) is 12.0 Å². The third-order valence-corrected chi connectivity index (χ3v) is 6.78. The van der Waals surface area contributed by atoms with Crippen LogP contribution in [0.2, 0.25) is 19.6 Å². The van der Waals surface area contributed by atoms with Crippen LogP contribution in [0.3, 0.4) is 0 Å². The lowest BCUT2D eigenvalue weighted by molar-refractivity contribution is 0.0292. The molecule has 1 aliphatic heterocycles. The maximum absolute atomic E-state index is 12.6.